The van der Waals surface area contributed by atoms with Crippen LogP contribution in [-0.4, -0.2) is 35.4 Å². The first-order chi connectivity index (χ1) is 16.6. The number of carbonyl (C=O) groups excluding carboxylic acids is 1. The van der Waals surface area contributed by atoms with Gasteiger partial charge in [0.1, 0.15) is 0 Å². The number of amides is 1. The molecule has 172 valence electrons. The first-order valence-electron chi connectivity index (χ1n) is 11.8. The SMILES string of the molecule is CCN(CC)CC(=O)Nc1cccc(-c2cc(-c3ccc(C)cc3)cc(-c3ccccc3)n2)c1. The van der Waals surface area contributed by atoms with Crippen molar-refractivity contribution in [2.45, 2.75) is 20.8 Å². The number of carbonyl (C=O) groups is 1. The predicted molar refractivity (Wildman–Crippen MR) is 142 cm³/mol. The Labute approximate surface area is 202 Å². The van der Waals surface area contributed by atoms with Crippen LogP contribution in [0.1, 0.15) is 19.4 Å². The lowest BCUT2D eigenvalue weighted by atomic mass is 9.99. The van der Waals surface area contributed by atoms with Crippen molar-refractivity contribution in [2.24, 2.45) is 0 Å². The summed E-state index contributed by atoms with van der Waals surface area (Å²) in [6, 6.07) is 31.0. The standard InChI is InChI=1S/C30H31N3O/c1-4-33(5-2)21-30(34)31-27-13-9-12-25(18-27)29-20-26(23-16-14-22(3)15-17-23)19-28(32-29)24-10-7-6-8-11-24/h6-20H,4-5,21H2,1-3H3,(H,31,34). The zero-order valence-corrected chi connectivity index (χ0v) is 20.1. The molecular weight excluding hydrogens is 418 g/mol. The Morgan fingerprint density at radius 1 is 0.735 bits per heavy atom. The van der Waals surface area contributed by atoms with Crippen LogP contribution in [0.4, 0.5) is 5.69 Å². The lowest BCUT2D eigenvalue weighted by Gasteiger charge is -2.17. The van der Waals surface area contributed by atoms with E-state index in [-0.39, 0.29) is 5.91 Å². The van der Waals surface area contributed by atoms with Crippen LogP contribution in [-0.2, 0) is 4.79 Å². The van der Waals surface area contributed by atoms with E-state index in [0.717, 1.165) is 52.4 Å². The molecule has 0 aliphatic heterocycles. The van der Waals surface area contributed by atoms with Crippen LogP contribution in [0, 0.1) is 6.92 Å². The van der Waals surface area contributed by atoms with E-state index in [1.807, 2.05) is 42.5 Å². The molecule has 0 saturated heterocycles. The molecule has 0 radical (unpaired) electrons. The van der Waals surface area contributed by atoms with Gasteiger partial charge in [0.25, 0.3) is 0 Å². The molecule has 0 spiro atoms. The fraction of sp³-hybridized carbons (Fsp3) is 0.200. The van der Waals surface area contributed by atoms with E-state index in [9.17, 15) is 4.79 Å². The molecule has 0 aliphatic carbocycles. The van der Waals surface area contributed by atoms with E-state index in [1.165, 1.54) is 5.56 Å². The van der Waals surface area contributed by atoms with Crippen molar-refractivity contribution in [3.05, 3.63) is 96.6 Å². The molecule has 3 aromatic carbocycles. The molecule has 0 aliphatic rings. The molecule has 4 nitrogen and oxygen atoms in total. The highest BCUT2D eigenvalue weighted by Crippen LogP contribution is 2.31. The van der Waals surface area contributed by atoms with Gasteiger partial charge in [0, 0.05) is 16.8 Å². The number of nitrogens with one attached hydrogen (secondary N) is 1. The number of nitrogens with zero attached hydrogens (tertiary/aromatic N) is 2. The van der Waals surface area contributed by atoms with Crippen molar-refractivity contribution in [3.8, 4) is 33.6 Å². The van der Waals surface area contributed by atoms with Gasteiger partial charge in [0.2, 0.25) is 5.91 Å². The molecule has 0 fully saturated rings. The maximum Gasteiger partial charge on any atom is 0.238 e. The largest absolute Gasteiger partial charge is 0.325 e. The fourth-order valence-electron chi connectivity index (χ4n) is 3.96. The minimum absolute atomic E-state index is 0.00723. The number of rotatable bonds is 8. The van der Waals surface area contributed by atoms with Crippen molar-refractivity contribution < 1.29 is 4.79 Å². The smallest absolute Gasteiger partial charge is 0.238 e. The number of anilines is 1. The van der Waals surface area contributed by atoms with Crippen molar-refractivity contribution in [1.82, 2.24) is 9.88 Å². The summed E-state index contributed by atoms with van der Waals surface area (Å²) < 4.78 is 0. The third-order valence-corrected chi connectivity index (χ3v) is 5.98. The lowest BCUT2D eigenvalue weighted by molar-refractivity contribution is -0.117. The number of hydrogen-bond donors (Lipinski definition) is 1. The molecule has 4 heteroatoms. The summed E-state index contributed by atoms with van der Waals surface area (Å²) in [5.41, 5.74) is 8.09. The Kier molecular flexibility index (Phi) is 7.51. The third kappa shape index (κ3) is 5.77. The zero-order valence-electron chi connectivity index (χ0n) is 20.1. The minimum Gasteiger partial charge on any atom is -0.325 e. The number of hydrogen-bond acceptors (Lipinski definition) is 3. The third-order valence-electron chi connectivity index (χ3n) is 5.98. The van der Waals surface area contributed by atoms with Gasteiger partial charge in [-0.05, 0) is 55.4 Å². The highest BCUT2D eigenvalue weighted by molar-refractivity contribution is 5.93. The minimum atomic E-state index is -0.00723. The maximum absolute atomic E-state index is 12.5. The van der Waals surface area contributed by atoms with E-state index in [0.29, 0.717) is 6.54 Å². The number of likely N-dealkylation sites (N-methyl/N-ethyl adjacent to an activating group) is 1. The molecule has 0 bridgehead atoms. The second-order valence-electron chi connectivity index (χ2n) is 8.45. The Balaban J connectivity index is 1.71. The van der Waals surface area contributed by atoms with E-state index in [2.05, 4.69) is 79.5 Å². The molecule has 1 heterocycles. The van der Waals surface area contributed by atoms with Crippen molar-refractivity contribution in [3.63, 3.8) is 0 Å². The maximum atomic E-state index is 12.5. The number of pyridine rings is 1. The molecule has 1 N–H and O–H groups in total. The van der Waals surface area contributed by atoms with Crippen LogP contribution < -0.4 is 5.32 Å². The molecule has 0 atom stereocenters. The summed E-state index contributed by atoms with van der Waals surface area (Å²) in [7, 11) is 0. The molecule has 4 aromatic rings. The Bertz CT molecular complexity index is 1250. The van der Waals surface area contributed by atoms with Crippen molar-refractivity contribution in [2.75, 3.05) is 25.0 Å². The average molecular weight is 450 g/mol. The Morgan fingerprint density at radius 3 is 2.06 bits per heavy atom. The van der Waals surface area contributed by atoms with Gasteiger partial charge in [0.05, 0.1) is 17.9 Å². The van der Waals surface area contributed by atoms with E-state index in [1.54, 1.807) is 0 Å². The zero-order chi connectivity index (χ0) is 23.9. The van der Waals surface area contributed by atoms with E-state index < -0.39 is 0 Å². The highest BCUT2D eigenvalue weighted by atomic mass is 16.2. The van der Waals surface area contributed by atoms with Crippen LogP contribution in [0.25, 0.3) is 33.6 Å². The van der Waals surface area contributed by atoms with Gasteiger partial charge in [-0.1, -0.05) is 86.1 Å². The molecule has 1 aromatic heterocycles. The average Bonchev–Trinajstić information content (AvgIpc) is 2.88. The van der Waals surface area contributed by atoms with Crippen LogP contribution in [0.15, 0.2) is 91.0 Å². The van der Waals surface area contributed by atoms with Crippen LogP contribution in [0.5, 0.6) is 0 Å². The van der Waals surface area contributed by atoms with Gasteiger partial charge >= 0.3 is 0 Å². The number of benzene rings is 3. The topological polar surface area (TPSA) is 45.2 Å². The monoisotopic (exact) mass is 449 g/mol. The first kappa shape index (κ1) is 23.4. The molecule has 4 rings (SSSR count). The lowest BCUT2D eigenvalue weighted by Crippen LogP contribution is -2.32. The fourth-order valence-corrected chi connectivity index (χ4v) is 3.96. The van der Waals surface area contributed by atoms with Gasteiger partial charge in [-0.2, -0.15) is 0 Å². The summed E-state index contributed by atoms with van der Waals surface area (Å²) in [5, 5.41) is 3.04. The summed E-state index contributed by atoms with van der Waals surface area (Å²) in [6.45, 7) is 8.31. The van der Waals surface area contributed by atoms with Crippen LogP contribution in [0.3, 0.4) is 0 Å². The summed E-state index contributed by atoms with van der Waals surface area (Å²) in [5.74, 6) is -0.00723. The number of aryl methyl sites for hydroxylation is 1. The highest BCUT2D eigenvalue weighted by Gasteiger charge is 2.11. The number of aromatic nitrogens is 1. The quantitative estimate of drug-likeness (QED) is 0.327. The Hall–Kier alpha value is -3.76. The van der Waals surface area contributed by atoms with Crippen LogP contribution in [0.2, 0.25) is 0 Å². The molecule has 0 saturated carbocycles. The van der Waals surface area contributed by atoms with Gasteiger partial charge in [-0.3, -0.25) is 9.69 Å². The second kappa shape index (κ2) is 10.9. The molecule has 1 amide bonds. The molecular formula is C30H31N3O. The molecule has 0 unspecified atom stereocenters. The van der Waals surface area contributed by atoms with Crippen molar-refractivity contribution >= 4 is 11.6 Å². The predicted octanol–water partition coefficient (Wildman–Crippen LogP) is 6.67. The molecule has 34 heavy (non-hydrogen) atoms. The Morgan fingerprint density at radius 2 is 1.38 bits per heavy atom. The van der Waals surface area contributed by atoms with Gasteiger partial charge in [-0.25, -0.2) is 4.98 Å². The van der Waals surface area contributed by atoms with E-state index in [4.69, 9.17) is 4.98 Å². The van der Waals surface area contributed by atoms with Crippen molar-refractivity contribution in [1.29, 1.82) is 0 Å². The summed E-state index contributed by atoms with van der Waals surface area (Å²) >= 11 is 0. The van der Waals surface area contributed by atoms with Gasteiger partial charge < -0.3 is 5.32 Å². The van der Waals surface area contributed by atoms with E-state index >= 15 is 0 Å². The second-order valence-corrected chi connectivity index (χ2v) is 8.45. The summed E-state index contributed by atoms with van der Waals surface area (Å²) in [6.07, 6.45) is 0. The van der Waals surface area contributed by atoms with Crippen LogP contribution >= 0.6 is 0 Å². The van der Waals surface area contributed by atoms with Gasteiger partial charge in [-0.15, -0.1) is 0 Å². The summed E-state index contributed by atoms with van der Waals surface area (Å²) in [4.78, 5) is 19.6. The van der Waals surface area contributed by atoms with Gasteiger partial charge in [0.15, 0.2) is 0 Å². The first-order valence-corrected chi connectivity index (χ1v) is 11.8. The normalized spacial score (nSPS) is 10.9.